The van der Waals surface area contributed by atoms with E-state index in [2.05, 4.69) is 42.0 Å². The lowest BCUT2D eigenvalue weighted by molar-refractivity contribution is -0.897. The first kappa shape index (κ1) is 35.9. The molecule has 0 atom stereocenters. The van der Waals surface area contributed by atoms with Crippen LogP contribution in [-0.2, 0) is 0 Å². The van der Waals surface area contributed by atoms with Gasteiger partial charge in [0.15, 0.2) is 0 Å². The Bertz CT molecular complexity index is 389. The molecule has 0 saturated carbocycles. The van der Waals surface area contributed by atoms with E-state index in [4.69, 9.17) is 0 Å². The summed E-state index contributed by atoms with van der Waals surface area (Å²) in [5.74, 6) is 0. The summed E-state index contributed by atoms with van der Waals surface area (Å²) in [6.45, 7) is 10.1. The Labute approximate surface area is 231 Å². The molecule has 0 heterocycles. The van der Waals surface area contributed by atoms with Gasteiger partial charge in [-0.25, -0.2) is 0 Å². The van der Waals surface area contributed by atoms with Crippen molar-refractivity contribution in [1.29, 1.82) is 0 Å². The van der Waals surface area contributed by atoms with Gasteiger partial charge in [-0.1, -0.05) is 129 Å². The smallest absolute Gasteiger partial charge is 0.0784 e. The van der Waals surface area contributed by atoms with Crippen LogP contribution in [0.25, 0.3) is 0 Å². The standard InChI is InChI=1S/C34H74N2/c1-7-9-11-13-15-17-19-21-23-25-27-31-35(3,4)33-29-30-34-36(5,6)32-28-26-24-22-20-18-16-14-12-10-8-2/h7-34H2,1-6H3/q+2. The first-order valence-electron chi connectivity index (χ1n) is 17.0. The summed E-state index contributed by atoms with van der Waals surface area (Å²) < 4.78 is 2.45. The molecule has 0 saturated heterocycles. The molecule has 0 fully saturated rings. The van der Waals surface area contributed by atoms with Crippen molar-refractivity contribution in [3.05, 3.63) is 0 Å². The van der Waals surface area contributed by atoms with Crippen LogP contribution in [0.3, 0.4) is 0 Å². The van der Waals surface area contributed by atoms with Gasteiger partial charge in [-0.05, 0) is 25.7 Å². The average molecular weight is 511 g/mol. The zero-order valence-corrected chi connectivity index (χ0v) is 26.7. The highest BCUT2D eigenvalue weighted by Crippen LogP contribution is 2.15. The fraction of sp³-hybridized carbons (Fsp3) is 1.00. The minimum Gasteiger partial charge on any atom is -0.328 e. The molecule has 0 aliphatic rings. The summed E-state index contributed by atoms with van der Waals surface area (Å²) in [5, 5.41) is 0. The van der Waals surface area contributed by atoms with E-state index >= 15 is 0 Å². The van der Waals surface area contributed by atoms with Crippen molar-refractivity contribution in [2.45, 2.75) is 168 Å². The van der Waals surface area contributed by atoms with Crippen molar-refractivity contribution in [3.8, 4) is 0 Å². The molecular weight excluding hydrogens is 436 g/mol. The molecule has 0 aromatic carbocycles. The van der Waals surface area contributed by atoms with Crippen LogP contribution in [0.4, 0.5) is 0 Å². The van der Waals surface area contributed by atoms with Gasteiger partial charge in [0.05, 0.1) is 54.4 Å². The van der Waals surface area contributed by atoms with Crippen molar-refractivity contribution in [2.24, 2.45) is 0 Å². The Morgan fingerprint density at radius 2 is 0.417 bits per heavy atom. The van der Waals surface area contributed by atoms with Crippen LogP contribution in [0, 0.1) is 0 Å². The van der Waals surface area contributed by atoms with E-state index in [-0.39, 0.29) is 0 Å². The van der Waals surface area contributed by atoms with E-state index < -0.39 is 0 Å². The minimum atomic E-state index is 1.23. The van der Waals surface area contributed by atoms with E-state index in [9.17, 15) is 0 Å². The van der Waals surface area contributed by atoms with Crippen LogP contribution in [0.1, 0.15) is 168 Å². The van der Waals surface area contributed by atoms with Gasteiger partial charge in [-0.2, -0.15) is 0 Å². The molecular formula is C34H74N2+2. The largest absolute Gasteiger partial charge is 0.328 e. The van der Waals surface area contributed by atoms with Crippen LogP contribution in [0.15, 0.2) is 0 Å². The SMILES string of the molecule is CCCCCCCCCCCCC[N+](C)(C)CCCC[N+](C)(C)CCCCCCCCCCCCC. The monoisotopic (exact) mass is 511 g/mol. The number of hydrogen-bond donors (Lipinski definition) is 0. The molecule has 36 heavy (non-hydrogen) atoms. The lowest BCUT2D eigenvalue weighted by Crippen LogP contribution is -2.43. The quantitative estimate of drug-likeness (QED) is 0.0693. The highest BCUT2D eigenvalue weighted by molar-refractivity contribution is 4.50. The molecule has 2 nitrogen and oxygen atoms in total. The maximum Gasteiger partial charge on any atom is 0.0784 e. The molecule has 0 aliphatic heterocycles. The van der Waals surface area contributed by atoms with E-state index in [1.165, 1.54) is 189 Å². The first-order valence-corrected chi connectivity index (χ1v) is 17.0. The minimum absolute atomic E-state index is 1.23. The summed E-state index contributed by atoms with van der Waals surface area (Å²) in [6.07, 6.45) is 34.6. The van der Waals surface area contributed by atoms with Crippen molar-refractivity contribution in [2.75, 3.05) is 54.4 Å². The van der Waals surface area contributed by atoms with Crippen LogP contribution in [-0.4, -0.2) is 63.3 Å². The second-order valence-electron chi connectivity index (χ2n) is 13.5. The number of hydrogen-bond acceptors (Lipinski definition) is 0. The average Bonchev–Trinajstić information content (AvgIpc) is 2.84. The number of rotatable bonds is 29. The van der Waals surface area contributed by atoms with E-state index in [1.54, 1.807) is 0 Å². The second kappa shape index (κ2) is 25.2. The van der Waals surface area contributed by atoms with Gasteiger partial charge in [-0.15, -0.1) is 0 Å². The summed E-state index contributed by atoms with van der Waals surface area (Å²) in [5.41, 5.74) is 0. The number of nitrogens with zero attached hydrogens (tertiary/aromatic N) is 2. The lowest BCUT2D eigenvalue weighted by atomic mass is 10.1. The highest BCUT2D eigenvalue weighted by Gasteiger charge is 2.17. The summed E-state index contributed by atoms with van der Waals surface area (Å²) >= 11 is 0. The van der Waals surface area contributed by atoms with Gasteiger partial charge >= 0.3 is 0 Å². The normalized spacial score (nSPS) is 12.5. The van der Waals surface area contributed by atoms with Gasteiger partial charge in [0.2, 0.25) is 0 Å². The van der Waals surface area contributed by atoms with Crippen molar-refractivity contribution in [3.63, 3.8) is 0 Å². The molecule has 0 aromatic rings. The molecule has 0 bridgehead atoms. The molecule has 0 aliphatic carbocycles. The topological polar surface area (TPSA) is 0 Å². The molecule has 0 radical (unpaired) electrons. The number of unbranched alkanes of at least 4 members (excludes halogenated alkanes) is 21. The lowest BCUT2D eigenvalue weighted by Gasteiger charge is -2.32. The third kappa shape index (κ3) is 27.0. The molecule has 0 spiro atoms. The molecule has 0 rings (SSSR count). The molecule has 0 aromatic heterocycles. The van der Waals surface area contributed by atoms with Gasteiger partial charge in [0.1, 0.15) is 0 Å². The van der Waals surface area contributed by atoms with Gasteiger partial charge in [0, 0.05) is 12.8 Å². The summed E-state index contributed by atoms with van der Waals surface area (Å²) in [7, 11) is 9.84. The predicted octanol–water partition coefficient (Wildman–Crippen LogP) is 10.5. The Morgan fingerprint density at radius 3 is 0.639 bits per heavy atom. The highest BCUT2D eigenvalue weighted by atomic mass is 15.3. The van der Waals surface area contributed by atoms with Crippen molar-refractivity contribution >= 4 is 0 Å². The molecule has 0 amide bonds. The summed E-state index contributed by atoms with van der Waals surface area (Å²) in [4.78, 5) is 0. The van der Waals surface area contributed by atoms with Crippen LogP contribution in [0.2, 0.25) is 0 Å². The summed E-state index contributed by atoms with van der Waals surface area (Å²) in [6, 6.07) is 0. The molecule has 0 unspecified atom stereocenters. The van der Waals surface area contributed by atoms with Gasteiger partial charge < -0.3 is 8.97 Å². The molecule has 0 N–H and O–H groups in total. The Morgan fingerprint density at radius 1 is 0.250 bits per heavy atom. The van der Waals surface area contributed by atoms with Crippen LogP contribution < -0.4 is 0 Å². The van der Waals surface area contributed by atoms with Crippen LogP contribution in [0.5, 0.6) is 0 Å². The van der Waals surface area contributed by atoms with Crippen molar-refractivity contribution in [1.82, 2.24) is 0 Å². The Hall–Kier alpha value is -0.0800. The zero-order chi connectivity index (χ0) is 26.8. The Balaban J connectivity index is 3.56. The van der Waals surface area contributed by atoms with Crippen molar-refractivity contribution < 1.29 is 8.97 Å². The third-order valence-corrected chi connectivity index (χ3v) is 8.51. The van der Waals surface area contributed by atoms with Crippen LogP contribution >= 0.6 is 0 Å². The van der Waals surface area contributed by atoms with Gasteiger partial charge in [-0.3, -0.25) is 0 Å². The fourth-order valence-corrected chi connectivity index (χ4v) is 5.71. The maximum absolute atomic E-state index is 2.46. The Kier molecular flexibility index (Phi) is 25.2. The molecule has 2 heteroatoms. The number of quaternary nitrogens is 2. The predicted molar refractivity (Wildman–Crippen MR) is 166 cm³/mol. The fourth-order valence-electron chi connectivity index (χ4n) is 5.71. The van der Waals surface area contributed by atoms with E-state index in [1.807, 2.05) is 0 Å². The van der Waals surface area contributed by atoms with E-state index in [0.29, 0.717) is 0 Å². The zero-order valence-electron chi connectivity index (χ0n) is 26.7. The van der Waals surface area contributed by atoms with E-state index in [0.717, 1.165) is 0 Å². The molecule has 218 valence electrons. The maximum atomic E-state index is 2.46. The first-order chi connectivity index (χ1) is 17.3. The second-order valence-corrected chi connectivity index (χ2v) is 13.5. The van der Waals surface area contributed by atoms with Gasteiger partial charge in [0.25, 0.3) is 0 Å². The third-order valence-electron chi connectivity index (χ3n) is 8.51.